The molecule has 0 spiro atoms. The predicted molar refractivity (Wildman–Crippen MR) is 90.8 cm³/mol. The van der Waals surface area contributed by atoms with Gasteiger partial charge < -0.3 is 14.6 Å². The van der Waals surface area contributed by atoms with E-state index < -0.39 is 19.0 Å². The molecule has 1 heterocycles. The Labute approximate surface area is 147 Å². The Morgan fingerprint density at radius 1 is 1.08 bits per heavy atom. The largest absolute Gasteiger partial charge is 0.477 e. The average molecular weight is 359 g/mol. The van der Waals surface area contributed by atoms with Crippen molar-refractivity contribution in [3.05, 3.63) is 17.7 Å². The number of ether oxygens (including phenoxy) is 2. The van der Waals surface area contributed by atoms with E-state index in [9.17, 15) is 13.6 Å². The van der Waals surface area contributed by atoms with Gasteiger partial charge >= 0.3 is 5.97 Å². The molecule has 1 aromatic heterocycles. The van der Waals surface area contributed by atoms with Crippen LogP contribution in [0.2, 0.25) is 0 Å². The number of nitrogens with zero attached hydrogens (tertiary/aromatic N) is 1. The van der Waals surface area contributed by atoms with Crippen molar-refractivity contribution in [1.82, 2.24) is 4.98 Å². The van der Waals surface area contributed by atoms with Crippen molar-refractivity contribution in [2.45, 2.75) is 64.7 Å². The molecular formula is C18H27F2NO4. The summed E-state index contributed by atoms with van der Waals surface area (Å²) in [4.78, 5) is 15.1. The molecule has 7 heteroatoms. The van der Waals surface area contributed by atoms with Gasteiger partial charge in [-0.2, -0.15) is 4.98 Å². The number of carboxylic acids is 1. The highest BCUT2D eigenvalue weighted by molar-refractivity contribution is 5.90. The lowest BCUT2D eigenvalue weighted by Crippen LogP contribution is -2.11. The van der Waals surface area contributed by atoms with Gasteiger partial charge in [0.05, 0.1) is 6.61 Å². The number of aromatic carboxylic acids is 1. The molecule has 25 heavy (non-hydrogen) atoms. The quantitative estimate of drug-likeness (QED) is 0.476. The zero-order chi connectivity index (χ0) is 18.5. The van der Waals surface area contributed by atoms with Crippen molar-refractivity contribution < 1.29 is 28.2 Å². The summed E-state index contributed by atoms with van der Waals surface area (Å²) in [6.07, 6.45) is 6.48. The first-order valence-electron chi connectivity index (χ1n) is 8.82. The third kappa shape index (κ3) is 9.22. The van der Waals surface area contributed by atoms with Crippen LogP contribution in [-0.2, 0) is 0 Å². The van der Waals surface area contributed by atoms with Gasteiger partial charge in [-0.1, -0.05) is 51.9 Å². The molecule has 0 amide bonds. The molecule has 0 aromatic carbocycles. The molecule has 1 N–H and O–H groups in total. The third-order valence-corrected chi connectivity index (χ3v) is 3.66. The van der Waals surface area contributed by atoms with Gasteiger partial charge in [0.15, 0.2) is 6.61 Å². The van der Waals surface area contributed by atoms with E-state index in [1.165, 1.54) is 44.2 Å². The molecule has 0 aliphatic heterocycles. The number of hydrogen-bond donors (Lipinski definition) is 1. The first-order valence-corrected chi connectivity index (χ1v) is 8.82. The second-order valence-corrected chi connectivity index (χ2v) is 5.83. The maximum Gasteiger partial charge on any atom is 0.341 e. The second-order valence-electron chi connectivity index (χ2n) is 5.83. The number of carbonyl (C=O) groups is 1. The Morgan fingerprint density at radius 3 is 2.32 bits per heavy atom. The normalized spacial score (nSPS) is 10.9. The molecule has 5 nitrogen and oxygen atoms in total. The first-order chi connectivity index (χ1) is 12.0. The number of unbranched alkanes of at least 4 members (excludes halogenated alkanes) is 7. The molecule has 0 saturated heterocycles. The minimum Gasteiger partial charge on any atom is -0.477 e. The molecule has 0 aliphatic rings. The van der Waals surface area contributed by atoms with Gasteiger partial charge in [0.2, 0.25) is 11.8 Å². The van der Waals surface area contributed by atoms with Crippen LogP contribution in [0.1, 0.15) is 68.6 Å². The molecule has 142 valence electrons. The van der Waals surface area contributed by atoms with Crippen LogP contribution < -0.4 is 9.47 Å². The van der Waals surface area contributed by atoms with E-state index in [0.717, 1.165) is 19.3 Å². The van der Waals surface area contributed by atoms with Gasteiger partial charge in [-0.05, 0) is 12.5 Å². The number of hydrogen-bond acceptors (Lipinski definition) is 4. The number of halogens is 2. The summed E-state index contributed by atoms with van der Waals surface area (Å²) >= 11 is 0. The molecule has 0 bridgehead atoms. The Morgan fingerprint density at radius 2 is 1.72 bits per heavy atom. The zero-order valence-corrected chi connectivity index (χ0v) is 14.7. The molecule has 1 rings (SSSR count). The van der Waals surface area contributed by atoms with E-state index in [1.54, 1.807) is 0 Å². The summed E-state index contributed by atoms with van der Waals surface area (Å²) < 4.78 is 34.6. The standard InChI is InChI=1S/C18H27F2NO4/c1-2-3-4-5-6-7-8-9-12-24-17-14(18(22)23)10-11-16(21-17)25-13-15(19)20/h10-11,15H,2-9,12-13H2,1H3,(H,22,23). The number of aromatic nitrogens is 1. The smallest absolute Gasteiger partial charge is 0.341 e. The van der Waals surface area contributed by atoms with Crippen molar-refractivity contribution in [3.8, 4) is 11.8 Å². The SMILES string of the molecule is CCCCCCCCCCOc1nc(OCC(F)F)ccc1C(=O)O. The van der Waals surface area contributed by atoms with Gasteiger partial charge in [-0.3, -0.25) is 0 Å². The molecule has 0 aliphatic carbocycles. The number of alkyl halides is 2. The van der Waals surface area contributed by atoms with Crippen LogP contribution in [-0.4, -0.2) is 35.7 Å². The lowest BCUT2D eigenvalue weighted by molar-refractivity contribution is 0.0686. The first kappa shape index (κ1) is 21.1. The van der Waals surface area contributed by atoms with E-state index in [2.05, 4.69) is 11.9 Å². The van der Waals surface area contributed by atoms with Gasteiger partial charge in [-0.25, -0.2) is 13.6 Å². The van der Waals surface area contributed by atoms with E-state index in [4.69, 9.17) is 14.6 Å². The molecule has 0 fully saturated rings. The summed E-state index contributed by atoms with van der Waals surface area (Å²) in [5.41, 5.74) is -0.107. The summed E-state index contributed by atoms with van der Waals surface area (Å²) in [5.74, 6) is -1.35. The fourth-order valence-corrected chi connectivity index (χ4v) is 2.33. The zero-order valence-electron chi connectivity index (χ0n) is 14.7. The van der Waals surface area contributed by atoms with Crippen LogP contribution in [0.4, 0.5) is 8.78 Å². The Bertz CT molecular complexity index is 512. The molecule has 0 saturated carbocycles. The number of pyridine rings is 1. The summed E-state index contributed by atoms with van der Waals surface area (Å²) in [7, 11) is 0. The molecule has 0 radical (unpaired) electrons. The van der Waals surface area contributed by atoms with Crippen molar-refractivity contribution >= 4 is 5.97 Å². The van der Waals surface area contributed by atoms with Crippen molar-refractivity contribution in [2.24, 2.45) is 0 Å². The van der Waals surface area contributed by atoms with Gasteiger partial charge in [-0.15, -0.1) is 0 Å². The maximum absolute atomic E-state index is 12.2. The van der Waals surface area contributed by atoms with Crippen LogP contribution in [0, 0.1) is 0 Å². The van der Waals surface area contributed by atoms with Crippen LogP contribution in [0.15, 0.2) is 12.1 Å². The fourth-order valence-electron chi connectivity index (χ4n) is 2.33. The third-order valence-electron chi connectivity index (χ3n) is 3.66. The maximum atomic E-state index is 12.2. The summed E-state index contributed by atoms with van der Waals surface area (Å²) in [6.45, 7) is 1.72. The van der Waals surface area contributed by atoms with Crippen LogP contribution in [0.3, 0.4) is 0 Å². The van der Waals surface area contributed by atoms with Crippen molar-refractivity contribution in [1.29, 1.82) is 0 Å². The highest BCUT2D eigenvalue weighted by atomic mass is 19.3. The molecule has 1 aromatic rings. The number of rotatable bonds is 14. The molecule has 0 unspecified atom stereocenters. The fraction of sp³-hybridized carbons (Fsp3) is 0.667. The van der Waals surface area contributed by atoms with Crippen LogP contribution in [0.5, 0.6) is 11.8 Å². The Kier molecular flexibility index (Phi) is 10.5. The summed E-state index contributed by atoms with van der Waals surface area (Å²) in [6, 6.07) is 2.49. The molecule has 0 atom stereocenters. The minimum atomic E-state index is -2.62. The number of carboxylic acid groups (broad SMARTS) is 1. The van der Waals surface area contributed by atoms with E-state index >= 15 is 0 Å². The van der Waals surface area contributed by atoms with Gasteiger partial charge in [0, 0.05) is 6.07 Å². The topological polar surface area (TPSA) is 68.7 Å². The van der Waals surface area contributed by atoms with Gasteiger partial charge in [0.25, 0.3) is 6.43 Å². The van der Waals surface area contributed by atoms with Crippen molar-refractivity contribution in [3.63, 3.8) is 0 Å². The Balaban J connectivity index is 2.39. The highest BCUT2D eigenvalue weighted by Gasteiger charge is 2.15. The van der Waals surface area contributed by atoms with Crippen LogP contribution in [0.25, 0.3) is 0 Å². The van der Waals surface area contributed by atoms with E-state index in [-0.39, 0.29) is 17.3 Å². The summed E-state index contributed by atoms with van der Waals surface area (Å²) in [5, 5.41) is 9.14. The van der Waals surface area contributed by atoms with Crippen LogP contribution >= 0.6 is 0 Å². The second kappa shape index (κ2) is 12.4. The average Bonchev–Trinajstić information content (AvgIpc) is 2.58. The van der Waals surface area contributed by atoms with E-state index in [1.807, 2.05) is 0 Å². The lowest BCUT2D eigenvalue weighted by atomic mass is 10.1. The minimum absolute atomic E-state index is 0.0729. The Hall–Kier alpha value is -1.92. The monoisotopic (exact) mass is 359 g/mol. The lowest BCUT2D eigenvalue weighted by Gasteiger charge is -2.10. The molecular weight excluding hydrogens is 332 g/mol. The van der Waals surface area contributed by atoms with Crippen molar-refractivity contribution in [2.75, 3.05) is 13.2 Å². The predicted octanol–water partition coefficient (Wildman–Crippen LogP) is 4.94. The van der Waals surface area contributed by atoms with Gasteiger partial charge in [0.1, 0.15) is 5.56 Å². The highest BCUT2D eigenvalue weighted by Crippen LogP contribution is 2.21. The van der Waals surface area contributed by atoms with E-state index in [0.29, 0.717) is 6.61 Å².